The van der Waals surface area contributed by atoms with E-state index in [1.54, 1.807) is 6.08 Å². The second-order valence-electron chi connectivity index (χ2n) is 24.6. The summed E-state index contributed by atoms with van der Waals surface area (Å²) in [5.41, 5.74) is 0. The van der Waals surface area contributed by atoms with Crippen LogP contribution >= 0.6 is 0 Å². The van der Waals surface area contributed by atoms with Crippen molar-refractivity contribution in [1.29, 1.82) is 0 Å². The van der Waals surface area contributed by atoms with Crippen molar-refractivity contribution in [1.82, 2.24) is 5.32 Å². The highest BCUT2D eigenvalue weighted by atomic mass is 16.5. The van der Waals surface area contributed by atoms with E-state index in [1.807, 2.05) is 6.08 Å². The van der Waals surface area contributed by atoms with Crippen molar-refractivity contribution in [3.8, 4) is 0 Å². The largest absolute Gasteiger partial charge is 0.466 e. The van der Waals surface area contributed by atoms with Gasteiger partial charge in [-0.3, -0.25) is 9.59 Å². The van der Waals surface area contributed by atoms with E-state index >= 15 is 0 Å². The molecule has 0 spiro atoms. The van der Waals surface area contributed by atoms with Gasteiger partial charge in [0.2, 0.25) is 5.91 Å². The molecule has 0 aliphatic rings. The van der Waals surface area contributed by atoms with Crippen LogP contribution in [0.15, 0.2) is 24.3 Å². The summed E-state index contributed by atoms with van der Waals surface area (Å²) in [7, 11) is 0. The van der Waals surface area contributed by atoms with Crippen molar-refractivity contribution >= 4 is 11.9 Å². The van der Waals surface area contributed by atoms with Gasteiger partial charge in [-0.25, -0.2) is 0 Å². The van der Waals surface area contributed by atoms with Crippen LogP contribution in [0.1, 0.15) is 399 Å². The van der Waals surface area contributed by atoms with Gasteiger partial charge < -0.3 is 20.3 Å². The maximum absolute atomic E-state index is 12.5. The Morgan fingerprint density at radius 3 is 0.910 bits per heavy atom. The van der Waals surface area contributed by atoms with Gasteiger partial charge in [-0.1, -0.05) is 353 Å². The lowest BCUT2D eigenvalue weighted by atomic mass is 10.0. The van der Waals surface area contributed by atoms with Crippen LogP contribution in [0.25, 0.3) is 0 Å². The van der Waals surface area contributed by atoms with E-state index in [0.717, 1.165) is 44.9 Å². The van der Waals surface area contributed by atoms with Gasteiger partial charge in [0.05, 0.1) is 25.4 Å². The number of unbranched alkanes of at least 4 members (excludes halogenated alkanes) is 54. The van der Waals surface area contributed by atoms with E-state index in [4.69, 9.17) is 4.74 Å². The SMILES string of the molecule is CCCCCCCCC/C=C\CCCCCCCC(=O)OCCCCCCCCCCCCCCCCCCCCCCCCCCCCCCCCC(=O)NC(CO)C(O)/C=C/CCCCCCCCCCCCCCC. The Labute approximate surface area is 488 Å². The summed E-state index contributed by atoms with van der Waals surface area (Å²) in [6.45, 7) is 4.93. The number of amides is 1. The second-order valence-corrected chi connectivity index (χ2v) is 24.6. The fraction of sp³-hybridized carbons (Fsp3) is 0.917. The zero-order chi connectivity index (χ0) is 56.4. The van der Waals surface area contributed by atoms with Crippen molar-refractivity contribution in [3.05, 3.63) is 24.3 Å². The summed E-state index contributed by atoms with van der Waals surface area (Å²) >= 11 is 0. The summed E-state index contributed by atoms with van der Waals surface area (Å²) in [5.74, 6) is -0.0485. The first-order chi connectivity index (χ1) is 38.5. The number of hydrogen-bond donors (Lipinski definition) is 3. The number of allylic oxidation sites excluding steroid dienone is 3. The Kier molecular flexibility index (Phi) is 66.4. The van der Waals surface area contributed by atoms with Crippen LogP contribution in [0.2, 0.25) is 0 Å². The molecule has 0 aromatic carbocycles. The lowest BCUT2D eigenvalue weighted by molar-refractivity contribution is -0.143. The highest BCUT2D eigenvalue weighted by Crippen LogP contribution is 2.19. The molecule has 6 heteroatoms. The molecule has 0 bridgehead atoms. The van der Waals surface area contributed by atoms with Gasteiger partial charge in [0, 0.05) is 12.8 Å². The zero-order valence-electron chi connectivity index (χ0n) is 52.9. The number of nitrogens with one attached hydrogen (secondary N) is 1. The minimum Gasteiger partial charge on any atom is -0.466 e. The Morgan fingerprint density at radius 2 is 0.603 bits per heavy atom. The smallest absolute Gasteiger partial charge is 0.305 e. The monoisotopic (exact) mass is 1100 g/mol. The number of hydrogen-bond acceptors (Lipinski definition) is 5. The molecule has 462 valence electrons. The van der Waals surface area contributed by atoms with Gasteiger partial charge in [0.1, 0.15) is 0 Å². The molecule has 0 aliphatic carbocycles. The predicted molar refractivity (Wildman–Crippen MR) is 343 cm³/mol. The molecule has 0 saturated heterocycles. The molecule has 0 aromatic heterocycles. The van der Waals surface area contributed by atoms with E-state index in [2.05, 4.69) is 31.3 Å². The van der Waals surface area contributed by atoms with Crippen LogP contribution in [0, 0.1) is 0 Å². The lowest BCUT2D eigenvalue weighted by Crippen LogP contribution is -2.45. The van der Waals surface area contributed by atoms with Crippen molar-refractivity contribution < 1.29 is 24.5 Å². The summed E-state index contributed by atoms with van der Waals surface area (Å²) in [6, 6.07) is -0.624. The van der Waals surface area contributed by atoms with Crippen molar-refractivity contribution in [2.45, 2.75) is 411 Å². The average molecular weight is 1100 g/mol. The van der Waals surface area contributed by atoms with Gasteiger partial charge in [-0.2, -0.15) is 0 Å². The fourth-order valence-corrected chi connectivity index (χ4v) is 11.3. The minimum absolute atomic E-state index is 0.0130. The topological polar surface area (TPSA) is 95.9 Å². The summed E-state index contributed by atoms with van der Waals surface area (Å²) in [6.07, 6.45) is 85.5. The number of carbonyl (C=O) groups is 2. The maximum atomic E-state index is 12.5. The molecule has 6 nitrogen and oxygen atoms in total. The zero-order valence-corrected chi connectivity index (χ0v) is 52.9. The van der Waals surface area contributed by atoms with E-state index < -0.39 is 12.1 Å². The molecular weight excluding hydrogens is 959 g/mol. The van der Waals surface area contributed by atoms with Gasteiger partial charge >= 0.3 is 5.97 Å². The molecule has 0 aliphatic heterocycles. The summed E-state index contributed by atoms with van der Waals surface area (Å²) in [5, 5.41) is 23.2. The number of aliphatic hydroxyl groups excluding tert-OH is 2. The highest BCUT2D eigenvalue weighted by Gasteiger charge is 2.18. The van der Waals surface area contributed by atoms with Crippen molar-refractivity contribution in [2.24, 2.45) is 0 Å². The highest BCUT2D eigenvalue weighted by molar-refractivity contribution is 5.76. The maximum Gasteiger partial charge on any atom is 0.305 e. The van der Waals surface area contributed by atoms with E-state index in [0.29, 0.717) is 19.4 Å². The third-order valence-corrected chi connectivity index (χ3v) is 16.7. The number of carbonyl (C=O) groups excluding carboxylic acids is 2. The number of ether oxygens (including phenoxy) is 1. The molecule has 2 unspecified atom stereocenters. The summed E-state index contributed by atoms with van der Waals surface area (Å²) < 4.78 is 5.50. The normalized spacial score (nSPS) is 12.6. The quantitative estimate of drug-likeness (QED) is 0.0320. The predicted octanol–water partition coefficient (Wildman–Crippen LogP) is 22.9. The first-order valence-electron chi connectivity index (χ1n) is 35.6. The number of rotatable bonds is 67. The third-order valence-electron chi connectivity index (χ3n) is 16.7. The van der Waals surface area contributed by atoms with Crippen LogP contribution in [0.4, 0.5) is 0 Å². The molecule has 0 heterocycles. The van der Waals surface area contributed by atoms with Crippen molar-refractivity contribution in [3.63, 3.8) is 0 Å². The van der Waals surface area contributed by atoms with Crippen LogP contribution in [-0.2, 0) is 14.3 Å². The Hall–Kier alpha value is -1.66. The van der Waals surface area contributed by atoms with Gasteiger partial charge in [-0.05, 0) is 57.8 Å². The third kappa shape index (κ3) is 63.5. The Morgan fingerprint density at radius 1 is 0.346 bits per heavy atom. The Balaban J connectivity index is 3.34. The number of aliphatic hydroxyl groups is 2. The lowest BCUT2D eigenvalue weighted by Gasteiger charge is -2.20. The average Bonchev–Trinajstić information content (AvgIpc) is 3.44. The molecular formula is C72H139NO5. The molecule has 2 atom stereocenters. The molecule has 0 saturated carbocycles. The van der Waals surface area contributed by atoms with E-state index in [1.165, 1.54) is 327 Å². The first-order valence-corrected chi connectivity index (χ1v) is 35.6. The first kappa shape index (κ1) is 76.3. The second kappa shape index (κ2) is 67.8. The molecule has 78 heavy (non-hydrogen) atoms. The van der Waals surface area contributed by atoms with E-state index in [-0.39, 0.29) is 18.5 Å². The molecule has 0 fully saturated rings. The molecule has 0 aromatic rings. The van der Waals surface area contributed by atoms with Crippen LogP contribution < -0.4 is 5.32 Å². The standard InChI is InChI=1S/C72H139NO5/c1-3-5-7-9-11-13-15-17-19-38-42-46-50-54-58-62-66-72(77)78-67-63-59-55-51-47-43-39-35-33-31-29-27-25-23-21-20-22-24-26-28-30-32-34-37-41-45-49-53-57-61-65-71(76)73-69(68-74)70(75)64-60-56-52-48-44-40-36-18-16-14-12-10-8-6-4-2/h19,38,60,64,69-70,74-75H,3-18,20-37,39-59,61-63,65-68H2,1-2H3,(H,73,76)/b38-19-,64-60+. The molecule has 0 rings (SSSR count). The summed E-state index contributed by atoms with van der Waals surface area (Å²) in [4.78, 5) is 24.6. The van der Waals surface area contributed by atoms with Crippen LogP contribution in [0.5, 0.6) is 0 Å². The van der Waals surface area contributed by atoms with Gasteiger partial charge in [0.25, 0.3) is 0 Å². The molecule has 0 radical (unpaired) electrons. The van der Waals surface area contributed by atoms with Crippen LogP contribution in [-0.4, -0.2) is 47.4 Å². The van der Waals surface area contributed by atoms with E-state index in [9.17, 15) is 19.8 Å². The molecule has 3 N–H and O–H groups in total. The van der Waals surface area contributed by atoms with Gasteiger partial charge in [0.15, 0.2) is 0 Å². The molecule has 1 amide bonds. The Bertz CT molecular complexity index is 1220. The number of esters is 1. The minimum atomic E-state index is -0.841. The van der Waals surface area contributed by atoms with Gasteiger partial charge in [-0.15, -0.1) is 0 Å². The van der Waals surface area contributed by atoms with Crippen LogP contribution in [0.3, 0.4) is 0 Å². The van der Waals surface area contributed by atoms with Crippen molar-refractivity contribution in [2.75, 3.05) is 13.2 Å². The fourth-order valence-electron chi connectivity index (χ4n) is 11.3.